The number of rotatable bonds is 4. The van der Waals surface area contributed by atoms with E-state index in [0.29, 0.717) is 5.69 Å². The van der Waals surface area contributed by atoms with Crippen LogP contribution in [0.5, 0.6) is 0 Å². The van der Waals surface area contributed by atoms with Crippen LogP contribution in [0, 0.1) is 5.92 Å². The molecule has 1 aromatic rings. The number of hydrogen-bond donors (Lipinski definition) is 1. The second-order valence-corrected chi connectivity index (χ2v) is 4.76. The van der Waals surface area contributed by atoms with Gasteiger partial charge in [0.25, 0.3) is 0 Å². The minimum Gasteiger partial charge on any atom is -0.384 e. The number of anilines is 1. The molecule has 0 radical (unpaired) electrons. The predicted molar refractivity (Wildman–Crippen MR) is 62.3 cm³/mol. The smallest absolute Gasteiger partial charge is 0.384 e. The van der Waals surface area contributed by atoms with Gasteiger partial charge in [-0.05, 0) is 30.5 Å². The first-order valence-electron chi connectivity index (χ1n) is 5.57. The van der Waals surface area contributed by atoms with Gasteiger partial charge < -0.3 is 5.32 Å². The number of hydrogen-bond acceptors (Lipinski definition) is 1. The summed E-state index contributed by atoms with van der Waals surface area (Å²) >= 11 is 5.80. The molecule has 0 saturated heterocycles. The summed E-state index contributed by atoms with van der Waals surface area (Å²) in [5, 5.41) is 3.18. The highest BCUT2D eigenvalue weighted by atomic mass is 35.5. The zero-order chi connectivity index (χ0) is 12.5. The van der Waals surface area contributed by atoms with Crippen molar-refractivity contribution >= 4 is 17.3 Å². The van der Waals surface area contributed by atoms with Crippen LogP contribution >= 0.6 is 11.6 Å². The molecular weight excluding hydrogens is 251 g/mol. The number of halogens is 4. The molecule has 0 spiro atoms. The molecule has 0 aromatic heterocycles. The summed E-state index contributed by atoms with van der Waals surface area (Å²) in [5.74, 6) is 0.788. The fraction of sp³-hybridized carbons (Fsp3) is 0.500. The van der Waals surface area contributed by atoms with Gasteiger partial charge in [0.1, 0.15) is 0 Å². The number of alkyl halides is 3. The average molecular weight is 264 g/mol. The van der Waals surface area contributed by atoms with Crippen molar-refractivity contribution in [1.29, 1.82) is 0 Å². The van der Waals surface area contributed by atoms with Crippen LogP contribution in [-0.4, -0.2) is 6.54 Å². The van der Waals surface area contributed by atoms with Crippen molar-refractivity contribution < 1.29 is 13.2 Å². The van der Waals surface area contributed by atoms with E-state index in [2.05, 4.69) is 5.32 Å². The van der Waals surface area contributed by atoms with Gasteiger partial charge >= 0.3 is 6.18 Å². The van der Waals surface area contributed by atoms with Crippen LogP contribution in [0.15, 0.2) is 18.2 Å². The molecule has 1 aromatic carbocycles. The highest BCUT2D eigenvalue weighted by Crippen LogP contribution is 2.35. The molecule has 0 aliphatic heterocycles. The largest absolute Gasteiger partial charge is 0.416 e. The average Bonchev–Trinajstić information content (AvgIpc) is 3.02. The van der Waals surface area contributed by atoms with E-state index < -0.39 is 11.7 Å². The lowest BCUT2D eigenvalue weighted by atomic mass is 10.2. The molecule has 1 N–H and O–H groups in total. The van der Waals surface area contributed by atoms with Crippen LogP contribution in [-0.2, 0) is 6.18 Å². The van der Waals surface area contributed by atoms with Crippen LogP contribution in [0.1, 0.15) is 24.8 Å². The Morgan fingerprint density at radius 3 is 2.53 bits per heavy atom. The van der Waals surface area contributed by atoms with E-state index in [1.165, 1.54) is 18.9 Å². The van der Waals surface area contributed by atoms with Crippen molar-refractivity contribution in [3.05, 3.63) is 28.8 Å². The second-order valence-electron chi connectivity index (χ2n) is 4.35. The third-order valence-electron chi connectivity index (χ3n) is 2.86. The van der Waals surface area contributed by atoms with Crippen molar-refractivity contribution in [2.24, 2.45) is 5.92 Å². The monoisotopic (exact) mass is 263 g/mol. The quantitative estimate of drug-likeness (QED) is 0.839. The van der Waals surface area contributed by atoms with Gasteiger partial charge in [0, 0.05) is 6.54 Å². The SMILES string of the molecule is FC(F)(F)c1ccc(NCCC2CC2)c(Cl)c1. The van der Waals surface area contributed by atoms with Crippen molar-refractivity contribution in [3.8, 4) is 0 Å². The first-order valence-corrected chi connectivity index (χ1v) is 5.95. The van der Waals surface area contributed by atoms with Crippen molar-refractivity contribution in [1.82, 2.24) is 0 Å². The molecule has 1 aliphatic rings. The lowest BCUT2D eigenvalue weighted by Crippen LogP contribution is -2.07. The highest BCUT2D eigenvalue weighted by Gasteiger charge is 2.30. The molecule has 0 bridgehead atoms. The minimum absolute atomic E-state index is 0.121. The molecule has 94 valence electrons. The summed E-state index contributed by atoms with van der Waals surface area (Å²) in [7, 11) is 0. The maximum atomic E-state index is 12.4. The Balaban J connectivity index is 1.97. The maximum Gasteiger partial charge on any atom is 0.416 e. The van der Waals surface area contributed by atoms with Crippen LogP contribution < -0.4 is 5.32 Å². The number of benzene rings is 1. The van der Waals surface area contributed by atoms with Gasteiger partial charge in [-0.25, -0.2) is 0 Å². The van der Waals surface area contributed by atoms with Gasteiger partial charge in [0.05, 0.1) is 16.3 Å². The standard InChI is InChI=1S/C12H13ClF3N/c13-10-7-9(12(14,15)16)3-4-11(10)17-6-5-8-1-2-8/h3-4,7-8,17H,1-2,5-6H2. The van der Waals surface area contributed by atoms with Crippen LogP contribution in [0.3, 0.4) is 0 Å². The van der Waals surface area contributed by atoms with E-state index >= 15 is 0 Å². The van der Waals surface area contributed by atoms with Crippen LogP contribution in [0.2, 0.25) is 5.02 Å². The molecule has 1 fully saturated rings. The molecule has 0 atom stereocenters. The van der Waals surface area contributed by atoms with Gasteiger partial charge in [-0.3, -0.25) is 0 Å². The second kappa shape index (κ2) is 4.77. The van der Waals surface area contributed by atoms with Gasteiger partial charge in [-0.15, -0.1) is 0 Å². The summed E-state index contributed by atoms with van der Waals surface area (Å²) in [4.78, 5) is 0. The highest BCUT2D eigenvalue weighted by molar-refractivity contribution is 6.33. The van der Waals surface area contributed by atoms with E-state index in [1.807, 2.05) is 0 Å². The summed E-state index contributed by atoms with van der Waals surface area (Å²) < 4.78 is 37.2. The molecule has 1 aliphatic carbocycles. The third-order valence-corrected chi connectivity index (χ3v) is 3.17. The summed E-state index contributed by atoms with van der Waals surface area (Å²) in [6.45, 7) is 0.760. The maximum absolute atomic E-state index is 12.4. The van der Waals surface area contributed by atoms with E-state index in [1.54, 1.807) is 0 Å². The molecule has 0 unspecified atom stereocenters. The van der Waals surface area contributed by atoms with E-state index in [0.717, 1.165) is 31.0 Å². The summed E-state index contributed by atoms with van der Waals surface area (Å²) in [5.41, 5.74) is -0.143. The Hall–Kier alpha value is -0.900. The Morgan fingerprint density at radius 2 is 2.00 bits per heavy atom. The predicted octanol–water partition coefficient (Wildman–Crippen LogP) is 4.57. The Morgan fingerprint density at radius 1 is 1.29 bits per heavy atom. The Kier molecular flexibility index (Phi) is 3.52. The first kappa shape index (κ1) is 12.6. The Bertz CT molecular complexity index is 399. The topological polar surface area (TPSA) is 12.0 Å². The zero-order valence-corrected chi connectivity index (χ0v) is 9.91. The minimum atomic E-state index is -4.34. The Labute approximate surface area is 103 Å². The van der Waals surface area contributed by atoms with Crippen molar-refractivity contribution in [2.75, 3.05) is 11.9 Å². The molecular formula is C12H13ClF3N. The summed E-state index contributed by atoms with van der Waals surface area (Å²) in [6, 6.07) is 3.39. The van der Waals surface area contributed by atoms with Crippen LogP contribution in [0.4, 0.5) is 18.9 Å². The van der Waals surface area contributed by atoms with E-state index in [9.17, 15) is 13.2 Å². The first-order chi connectivity index (χ1) is 7.97. The molecule has 0 heterocycles. The van der Waals surface area contributed by atoms with Crippen molar-refractivity contribution in [3.63, 3.8) is 0 Å². The fourth-order valence-corrected chi connectivity index (χ4v) is 1.90. The number of nitrogens with one attached hydrogen (secondary N) is 1. The molecule has 5 heteroatoms. The van der Waals surface area contributed by atoms with Gasteiger partial charge in [0.2, 0.25) is 0 Å². The third kappa shape index (κ3) is 3.53. The molecule has 1 nitrogen and oxygen atoms in total. The van der Waals surface area contributed by atoms with Crippen molar-refractivity contribution in [2.45, 2.75) is 25.4 Å². The molecule has 1 saturated carbocycles. The molecule has 2 rings (SSSR count). The van der Waals surface area contributed by atoms with Gasteiger partial charge in [0.15, 0.2) is 0 Å². The van der Waals surface area contributed by atoms with Crippen LogP contribution in [0.25, 0.3) is 0 Å². The zero-order valence-electron chi connectivity index (χ0n) is 9.15. The molecule has 17 heavy (non-hydrogen) atoms. The van der Waals surface area contributed by atoms with E-state index in [-0.39, 0.29) is 5.02 Å². The lowest BCUT2D eigenvalue weighted by molar-refractivity contribution is -0.137. The lowest BCUT2D eigenvalue weighted by Gasteiger charge is -2.11. The van der Waals surface area contributed by atoms with E-state index in [4.69, 9.17) is 11.6 Å². The van der Waals surface area contributed by atoms with Gasteiger partial charge in [-0.2, -0.15) is 13.2 Å². The summed E-state index contributed by atoms with van der Waals surface area (Å²) in [6.07, 6.45) is -0.752. The van der Waals surface area contributed by atoms with Gasteiger partial charge in [-0.1, -0.05) is 24.4 Å². The normalized spacial score (nSPS) is 16.0. The molecule has 0 amide bonds. The fourth-order valence-electron chi connectivity index (χ4n) is 1.65.